The summed E-state index contributed by atoms with van der Waals surface area (Å²) < 4.78 is 38.7. The number of carbonyl (C=O) groups is 1. The predicted octanol–water partition coefficient (Wildman–Crippen LogP) is 3.81. The smallest absolute Gasteiger partial charge is 0.235 e. The van der Waals surface area contributed by atoms with Gasteiger partial charge in [-0.3, -0.25) is 9.10 Å². The molecule has 1 unspecified atom stereocenters. The Morgan fingerprint density at radius 3 is 2.56 bits per heavy atom. The van der Waals surface area contributed by atoms with Crippen molar-refractivity contribution in [2.45, 2.75) is 32.6 Å². The highest BCUT2D eigenvalue weighted by molar-refractivity contribution is 7.93. The third kappa shape index (κ3) is 4.47. The van der Waals surface area contributed by atoms with E-state index >= 15 is 0 Å². The number of hydrogen-bond donors (Lipinski definition) is 1. The third-order valence-electron chi connectivity index (χ3n) is 4.81. The van der Waals surface area contributed by atoms with E-state index in [0.29, 0.717) is 24.3 Å². The number of hydrogen-bond acceptors (Lipinski definition) is 3. The standard InChI is InChI=1S/C20H23FN2O3S/c1-14-4-9-18(23-10-3-11-27(23,25)26)13-19(14)22-20(24)12-15(2)16-5-7-17(21)8-6-16/h4-9,13,15H,3,10-12H2,1-2H3,(H,22,24). The molecule has 144 valence electrons. The quantitative estimate of drug-likeness (QED) is 0.844. The van der Waals surface area contributed by atoms with Gasteiger partial charge in [0.15, 0.2) is 0 Å². The van der Waals surface area contributed by atoms with Crippen LogP contribution in [-0.2, 0) is 14.8 Å². The summed E-state index contributed by atoms with van der Waals surface area (Å²) in [5.74, 6) is -0.387. The fourth-order valence-electron chi connectivity index (χ4n) is 3.22. The summed E-state index contributed by atoms with van der Waals surface area (Å²) in [5, 5.41) is 2.88. The maximum Gasteiger partial charge on any atom is 0.235 e. The number of rotatable bonds is 5. The van der Waals surface area contributed by atoms with Crippen LogP contribution < -0.4 is 9.62 Å². The van der Waals surface area contributed by atoms with Crippen molar-refractivity contribution in [1.82, 2.24) is 0 Å². The van der Waals surface area contributed by atoms with Crippen LogP contribution in [0.2, 0.25) is 0 Å². The highest BCUT2D eigenvalue weighted by Crippen LogP contribution is 2.29. The monoisotopic (exact) mass is 390 g/mol. The van der Waals surface area contributed by atoms with Gasteiger partial charge >= 0.3 is 0 Å². The maximum atomic E-state index is 13.0. The van der Waals surface area contributed by atoms with E-state index in [1.807, 2.05) is 19.9 Å². The molecule has 27 heavy (non-hydrogen) atoms. The normalized spacial score (nSPS) is 16.9. The molecule has 1 aliphatic rings. The Morgan fingerprint density at radius 1 is 1.22 bits per heavy atom. The molecule has 2 aromatic rings. The third-order valence-corrected chi connectivity index (χ3v) is 6.68. The van der Waals surface area contributed by atoms with E-state index in [-0.39, 0.29) is 29.8 Å². The first-order valence-electron chi connectivity index (χ1n) is 8.92. The van der Waals surface area contributed by atoms with Crippen LogP contribution in [0.4, 0.5) is 15.8 Å². The first-order chi connectivity index (χ1) is 12.8. The van der Waals surface area contributed by atoms with Gasteiger partial charge in [0.05, 0.1) is 11.4 Å². The second-order valence-corrected chi connectivity index (χ2v) is 8.96. The lowest BCUT2D eigenvalue weighted by Crippen LogP contribution is -2.25. The SMILES string of the molecule is Cc1ccc(N2CCCS2(=O)=O)cc1NC(=O)CC(C)c1ccc(F)cc1. The lowest BCUT2D eigenvalue weighted by molar-refractivity contribution is -0.116. The number of nitrogens with zero attached hydrogens (tertiary/aromatic N) is 1. The average molecular weight is 390 g/mol. The molecule has 1 saturated heterocycles. The zero-order valence-electron chi connectivity index (χ0n) is 15.4. The van der Waals surface area contributed by atoms with Crippen molar-refractivity contribution >= 4 is 27.3 Å². The lowest BCUT2D eigenvalue weighted by Gasteiger charge is -2.19. The zero-order valence-corrected chi connectivity index (χ0v) is 16.2. The fourth-order valence-corrected chi connectivity index (χ4v) is 4.77. The van der Waals surface area contributed by atoms with Crippen LogP contribution in [-0.4, -0.2) is 26.6 Å². The molecule has 0 aromatic heterocycles. The van der Waals surface area contributed by atoms with Gasteiger partial charge in [-0.1, -0.05) is 25.1 Å². The summed E-state index contributed by atoms with van der Waals surface area (Å²) in [7, 11) is -3.27. The van der Waals surface area contributed by atoms with E-state index in [2.05, 4.69) is 5.32 Å². The molecular weight excluding hydrogens is 367 g/mol. The first-order valence-corrected chi connectivity index (χ1v) is 10.5. The number of aryl methyl sites for hydroxylation is 1. The van der Waals surface area contributed by atoms with Crippen molar-refractivity contribution in [3.8, 4) is 0 Å². The van der Waals surface area contributed by atoms with Gasteiger partial charge < -0.3 is 5.32 Å². The molecule has 7 heteroatoms. The topological polar surface area (TPSA) is 66.5 Å². The Hall–Kier alpha value is -2.41. The highest BCUT2D eigenvalue weighted by Gasteiger charge is 2.28. The van der Waals surface area contributed by atoms with Crippen LogP contribution in [0.25, 0.3) is 0 Å². The summed E-state index contributed by atoms with van der Waals surface area (Å²) in [5.41, 5.74) is 2.92. The predicted molar refractivity (Wildman–Crippen MR) is 105 cm³/mol. The summed E-state index contributed by atoms with van der Waals surface area (Å²) in [6.45, 7) is 4.23. The Labute approximate surface area is 159 Å². The van der Waals surface area contributed by atoms with Crippen LogP contribution in [0.15, 0.2) is 42.5 Å². The van der Waals surface area contributed by atoms with Crippen LogP contribution in [0.5, 0.6) is 0 Å². The fraction of sp³-hybridized carbons (Fsp3) is 0.350. The van der Waals surface area contributed by atoms with Gasteiger partial charge in [-0.25, -0.2) is 12.8 Å². The Kier molecular flexibility index (Phi) is 5.51. The molecule has 0 saturated carbocycles. The van der Waals surface area contributed by atoms with Crippen molar-refractivity contribution in [1.29, 1.82) is 0 Å². The van der Waals surface area contributed by atoms with Gasteiger partial charge in [0, 0.05) is 18.7 Å². The van der Waals surface area contributed by atoms with Crippen LogP contribution in [0, 0.1) is 12.7 Å². The van der Waals surface area contributed by atoms with Gasteiger partial charge in [0.2, 0.25) is 15.9 Å². The lowest BCUT2D eigenvalue weighted by atomic mass is 9.97. The Balaban J connectivity index is 1.72. The van der Waals surface area contributed by atoms with Gasteiger partial charge in [0.25, 0.3) is 0 Å². The van der Waals surface area contributed by atoms with Gasteiger partial charge in [-0.2, -0.15) is 0 Å². The van der Waals surface area contributed by atoms with E-state index in [0.717, 1.165) is 11.1 Å². The van der Waals surface area contributed by atoms with Gasteiger partial charge in [0.1, 0.15) is 5.82 Å². The van der Waals surface area contributed by atoms with Gasteiger partial charge in [-0.15, -0.1) is 0 Å². The number of benzene rings is 2. The number of amides is 1. The molecule has 1 N–H and O–H groups in total. The van der Waals surface area contributed by atoms with Gasteiger partial charge in [-0.05, 0) is 54.7 Å². The van der Waals surface area contributed by atoms with E-state index in [1.54, 1.807) is 24.3 Å². The summed E-state index contributed by atoms with van der Waals surface area (Å²) >= 11 is 0. The van der Waals surface area contributed by atoms with E-state index < -0.39 is 10.0 Å². The van der Waals surface area contributed by atoms with E-state index in [9.17, 15) is 17.6 Å². The summed E-state index contributed by atoms with van der Waals surface area (Å²) in [6, 6.07) is 11.4. The molecule has 3 rings (SSSR count). The summed E-state index contributed by atoms with van der Waals surface area (Å²) in [6.07, 6.45) is 0.852. The van der Waals surface area contributed by atoms with Crippen LogP contribution in [0.1, 0.15) is 36.8 Å². The second kappa shape index (κ2) is 7.68. The van der Waals surface area contributed by atoms with Crippen molar-refractivity contribution in [2.24, 2.45) is 0 Å². The zero-order chi connectivity index (χ0) is 19.6. The number of carbonyl (C=O) groups excluding carboxylic acids is 1. The molecule has 1 atom stereocenters. The average Bonchev–Trinajstić information content (AvgIpc) is 2.96. The molecule has 1 fully saturated rings. The molecular formula is C20H23FN2O3S. The highest BCUT2D eigenvalue weighted by atomic mass is 32.2. The first kappa shape index (κ1) is 19.4. The van der Waals surface area contributed by atoms with E-state index in [1.165, 1.54) is 16.4 Å². The molecule has 0 bridgehead atoms. The van der Waals surface area contributed by atoms with Crippen molar-refractivity contribution < 1.29 is 17.6 Å². The molecule has 0 aliphatic carbocycles. The molecule has 1 aliphatic heterocycles. The van der Waals surface area contributed by atoms with Crippen LogP contribution in [0.3, 0.4) is 0 Å². The number of anilines is 2. The maximum absolute atomic E-state index is 13.0. The van der Waals surface area contributed by atoms with Crippen molar-refractivity contribution in [3.05, 3.63) is 59.4 Å². The molecule has 2 aromatic carbocycles. The Bertz CT molecular complexity index is 942. The van der Waals surface area contributed by atoms with Crippen molar-refractivity contribution in [2.75, 3.05) is 21.9 Å². The largest absolute Gasteiger partial charge is 0.326 e. The number of nitrogens with one attached hydrogen (secondary N) is 1. The van der Waals surface area contributed by atoms with Crippen LogP contribution >= 0.6 is 0 Å². The molecule has 1 amide bonds. The Morgan fingerprint density at radius 2 is 1.93 bits per heavy atom. The summed E-state index contributed by atoms with van der Waals surface area (Å²) in [4.78, 5) is 12.5. The van der Waals surface area contributed by atoms with Crippen molar-refractivity contribution in [3.63, 3.8) is 0 Å². The second-order valence-electron chi connectivity index (χ2n) is 6.95. The number of halogens is 1. The minimum Gasteiger partial charge on any atom is -0.326 e. The number of sulfonamides is 1. The molecule has 0 radical (unpaired) electrons. The molecule has 0 spiro atoms. The minimum atomic E-state index is -3.27. The molecule has 5 nitrogen and oxygen atoms in total. The minimum absolute atomic E-state index is 0.0620. The molecule has 1 heterocycles. The van der Waals surface area contributed by atoms with E-state index in [4.69, 9.17) is 0 Å².